The highest BCUT2D eigenvalue weighted by molar-refractivity contribution is 5.86. The summed E-state index contributed by atoms with van der Waals surface area (Å²) in [5.74, 6) is 0.195. The highest BCUT2D eigenvalue weighted by Gasteiger charge is 2.29. The molecule has 1 aromatic heterocycles. The number of esters is 1. The van der Waals surface area contributed by atoms with E-state index in [9.17, 15) is 4.79 Å². The standard InChI is InChI=1S/C16H20N2O2/c1-10-3-4-13(14-5-6-18-15(10)14)11-7-12(9-17-8-11)16(19)20-2/h3-6,11-12,17-18H,7-9H2,1-2H3. The zero-order valence-corrected chi connectivity index (χ0v) is 11.9. The Morgan fingerprint density at radius 3 is 2.95 bits per heavy atom. The Kier molecular flexibility index (Phi) is 3.49. The topological polar surface area (TPSA) is 54.1 Å². The number of nitrogens with one attached hydrogen (secondary N) is 2. The number of hydrogen-bond donors (Lipinski definition) is 2. The van der Waals surface area contributed by atoms with Crippen LogP contribution in [0.15, 0.2) is 24.4 Å². The number of aryl methyl sites for hydroxylation is 1. The Morgan fingerprint density at radius 1 is 1.30 bits per heavy atom. The highest BCUT2D eigenvalue weighted by Crippen LogP contribution is 2.33. The summed E-state index contributed by atoms with van der Waals surface area (Å²) in [7, 11) is 1.46. The summed E-state index contributed by atoms with van der Waals surface area (Å²) < 4.78 is 4.88. The lowest BCUT2D eigenvalue weighted by atomic mass is 9.84. The van der Waals surface area contributed by atoms with E-state index in [1.165, 1.54) is 29.1 Å². The molecule has 0 bridgehead atoms. The summed E-state index contributed by atoms with van der Waals surface area (Å²) in [6, 6.07) is 6.47. The van der Waals surface area contributed by atoms with Crippen molar-refractivity contribution in [2.45, 2.75) is 19.3 Å². The van der Waals surface area contributed by atoms with Crippen molar-refractivity contribution in [3.05, 3.63) is 35.5 Å². The number of hydrogen-bond acceptors (Lipinski definition) is 3. The first kappa shape index (κ1) is 13.2. The van der Waals surface area contributed by atoms with Crippen molar-refractivity contribution in [3.63, 3.8) is 0 Å². The second-order valence-corrected chi connectivity index (χ2v) is 5.55. The van der Waals surface area contributed by atoms with Crippen LogP contribution in [0.5, 0.6) is 0 Å². The minimum Gasteiger partial charge on any atom is -0.469 e. The number of ether oxygens (including phenoxy) is 1. The third-order valence-electron chi connectivity index (χ3n) is 4.29. The summed E-state index contributed by atoms with van der Waals surface area (Å²) in [5, 5.41) is 4.63. The monoisotopic (exact) mass is 272 g/mol. The molecule has 106 valence electrons. The summed E-state index contributed by atoms with van der Waals surface area (Å²) in [6.45, 7) is 3.74. The van der Waals surface area contributed by atoms with E-state index in [0.717, 1.165) is 13.0 Å². The second-order valence-electron chi connectivity index (χ2n) is 5.55. The molecule has 0 aliphatic carbocycles. The lowest BCUT2D eigenvalue weighted by Gasteiger charge is -2.29. The van der Waals surface area contributed by atoms with Crippen molar-refractivity contribution in [1.29, 1.82) is 0 Å². The van der Waals surface area contributed by atoms with E-state index >= 15 is 0 Å². The SMILES string of the molecule is COC(=O)C1CNCC(c2ccc(C)c3[nH]ccc23)C1. The maximum atomic E-state index is 11.7. The largest absolute Gasteiger partial charge is 0.469 e. The van der Waals surface area contributed by atoms with Crippen LogP contribution in [-0.4, -0.2) is 31.2 Å². The van der Waals surface area contributed by atoms with Crippen LogP contribution in [0.1, 0.15) is 23.5 Å². The molecule has 2 unspecified atom stereocenters. The lowest BCUT2D eigenvalue weighted by molar-refractivity contribution is -0.146. The fourth-order valence-electron chi connectivity index (χ4n) is 3.21. The zero-order valence-electron chi connectivity index (χ0n) is 11.9. The van der Waals surface area contributed by atoms with Gasteiger partial charge in [0.05, 0.1) is 13.0 Å². The number of H-pyrrole nitrogens is 1. The molecule has 20 heavy (non-hydrogen) atoms. The molecular formula is C16H20N2O2. The molecule has 3 rings (SSSR count). The van der Waals surface area contributed by atoms with E-state index < -0.39 is 0 Å². The van der Waals surface area contributed by atoms with Crippen molar-refractivity contribution in [1.82, 2.24) is 10.3 Å². The molecule has 1 aromatic carbocycles. The smallest absolute Gasteiger partial charge is 0.309 e. The van der Waals surface area contributed by atoms with Crippen LogP contribution in [-0.2, 0) is 9.53 Å². The molecule has 1 aliphatic heterocycles. The van der Waals surface area contributed by atoms with Crippen LogP contribution in [0.3, 0.4) is 0 Å². The summed E-state index contributed by atoms with van der Waals surface area (Å²) in [5.41, 5.74) is 3.76. The highest BCUT2D eigenvalue weighted by atomic mass is 16.5. The number of carbonyl (C=O) groups is 1. The molecule has 0 radical (unpaired) electrons. The van der Waals surface area contributed by atoms with E-state index in [4.69, 9.17) is 4.74 Å². The predicted molar refractivity (Wildman–Crippen MR) is 78.8 cm³/mol. The van der Waals surface area contributed by atoms with Gasteiger partial charge in [0.15, 0.2) is 0 Å². The van der Waals surface area contributed by atoms with Gasteiger partial charge in [-0.05, 0) is 36.5 Å². The van der Waals surface area contributed by atoms with Gasteiger partial charge in [0.1, 0.15) is 0 Å². The van der Waals surface area contributed by atoms with Gasteiger partial charge < -0.3 is 15.0 Å². The van der Waals surface area contributed by atoms with Gasteiger partial charge in [-0.3, -0.25) is 4.79 Å². The fraction of sp³-hybridized carbons (Fsp3) is 0.438. The number of benzene rings is 1. The van der Waals surface area contributed by atoms with Crippen LogP contribution in [0.4, 0.5) is 0 Å². The van der Waals surface area contributed by atoms with E-state index in [0.29, 0.717) is 12.5 Å². The van der Waals surface area contributed by atoms with Gasteiger partial charge in [-0.25, -0.2) is 0 Å². The molecular weight excluding hydrogens is 252 g/mol. The normalized spacial score (nSPS) is 22.9. The van der Waals surface area contributed by atoms with Crippen molar-refractivity contribution >= 4 is 16.9 Å². The Balaban J connectivity index is 1.93. The molecule has 4 heteroatoms. The molecule has 0 amide bonds. The van der Waals surface area contributed by atoms with Gasteiger partial charge in [-0.2, -0.15) is 0 Å². The molecule has 4 nitrogen and oxygen atoms in total. The molecule has 2 N–H and O–H groups in total. The molecule has 1 saturated heterocycles. The maximum absolute atomic E-state index is 11.7. The Morgan fingerprint density at radius 2 is 2.15 bits per heavy atom. The number of piperidine rings is 1. The van der Waals surface area contributed by atoms with Crippen molar-refractivity contribution in [2.75, 3.05) is 20.2 Å². The van der Waals surface area contributed by atoms with Crippen molar-refractivity contribution < 1.29 is 9.53 Å². The van der Waals surface area contributed by atoms with Gasteiger partial charge in [-0.15, -0.1) is 0 Å². The molecule has 1 aliphatic rings. The van der Waals surface area contributed by atoms with Crippen molar-refractivity contribution in [3.8, 4) is 0 Å². The first-order chi connectivity index (χ1) is 9.70. The van der Waals surface area contributed by atoms with Gasteiger partial charge in [0, 0.05) is 30.2 Å². The van der Waals surface area contributed by atoms with Gasteiger partial charge in [0.25, 0.3) is 0 Å². The maximum Gasteiger partial charge on any atom is 0.309 e. The van der Waals surface area contributed by atoms with E-state index in [1.54, 1.807) is 0 Å². The summed E-state index contributed by atoms with van der Waals surface area (Å²) >= 11 is 0. The van der Waals surface area contributed by atoms with Crippen LogP contribution in [0, 0.1) is 12.8 Å². The van der Waals surface area contributed by atoms with Crippen LogP contribution < -0.4 is 5.32 Å². The molecule has 2 aromatic rings. The predicted octanol–water partition coefficient (Wildman–Crippen LogP) is 2.34. The molecule has 2 heterocycles. The first-order valence-electron chi connectivity index (χ1n) is 7.06. The second kappa shape index (κ2) is 5.29. The van der Waals surface area contributed by atoms with Gasteiger partial charge >= 0.3 is 5.97 Å². The quantitative estimate of drug-likeness (QED) is 0.825. The number of aromatic nitrogens is 1. The third kappa shape index (κ3) is 2.20. The van der Waals surface area contributed by atoms with E-state index in [-0.39, 0.29) is 11.9 Å². The van der Waals surface area contributed by atoms with Crippen LogP contribution in [0.2, 0.25) is 0 Å². The number of methoxy groups -OCH3 is 1. The number of carbonyl (C=O) groups excluding carboxylic acids is 1. The average molecular weight is 272 g/mol. The minimum atomic E-state index is -0.111. The Hall–Kier alpha value is -1.81. The Bertz CT molecular complexity index is 632. The molecule has 0 saturated carbocycles. The minimum absolute atomic E-state index is 0.0472. The van der Waals surface area contributed by atoms with Crippen LogP contribution >= 0.6 is 0 Å². The Labute approximate surface area is 118 Å². The summed E-state index contributed by atoms with van der Waals surface area (Å²) in [6.07, 6.45) is 2.83. The average Bonchev–Trinajstić information content (AvgIpc) is 2.97. The first-order valence-corrected chi connectivity index (χ1v) is 7.06. The van der Waals surface area contributed by atoms with Crippen molar-refractivity contribution in [2.24, 2.45) is 5.92 Å². The molecule has 1 fully saturated rings. The fourth-order valence-corrected chi connectivity index (χ4v) is 3.21. The number of rotatable bonds is 2. The number of aromatic amines is 1. The van der Waals surface area contributed by atoms with Gasteiger partial charge in [0.2, 0.25) is 0 Å². The molecule has 2 atom stereocenters. The van der Waals surface area contributed by atoms with Gasteiger partial charge in [-0.1, -0.05) is 12.1 Å². The molecule has 0 spiro atoms. The van der Waals surface area contributed by atoms with Crippen LogP contribution in [0.25, 0.3) is 10.9 Å². The van der Waals surface area contributed by atoms with E-state index in [2.05, 4.69) is 35.4 Å². The van der Waals surface area contributed by atoms with E-state index in [1.807, 2.05) is 6.20 Å². The summed E-state index contributed by atoms with van der Waals surface area (Å²) in [4.78, 5) is 15.0. The lowest BCUT2D eigenvalue weighted by Crippen LogP contribution is -2.39. The number of fused-ring (bicyclic) bond motifs is 1. The third-order valence-corrected chi connectivity index (χ3v) is 4.29. The zero-order chi connectivity index (χ0) is 14.1.